The lowest BCUT2D eigenvalue weighted by atomic mass is 9.65. The highest BCUT2D eigenvalue weighted by molar-refractivity contribution is 6.05. The molecule has 3 aliphatic rings. The van der Waals surface area contributed by atoms with Crippen molar-refractivity contribution in [3.63, 3.8) is 0 Å². The molecule has 32 heavy (non-hydrogen) atoms. The summed E-state index contributed by atoms with van der Waals surface area (Å²) in [5.41, 5.74) is -8.89. The number of aliphatic hydroxyl groups is 4. The van der Waals surface area contributed by atoms with Gasteiger partial charge >= 0.3 is 11.6 Å². The minimum atomic E-state index is -2.92. The third-order valence-electron chi connectivity index (χ3n) is 6.99. The highest BCUT2D eigenvalue weighted by atomic mass is 16.6. The van der Waals surface area contributed by atoms with E-state index >= 15 is 0 Å². The molecule has 4 N–H and O–H groups in total. The van der Waals surface area contributed by atoms with Crippen molar-refractivity contribution >= 4 is 11.8 Å². The van der Waals surface area contributed by atoms with Crippen LogP contribution in [0.1, 0.15) is 28.5 Å². The number of carbonyl (C=O) groups excluding carboxylic acids is 2. The van der Waals surface area contributed by atoms with Crippen LogP contribution in [0.4, 0.5) is 0 Å². The van der Waals surface area contributed by atoms with Gasteiger partial charge in [-0.15, -0.1) is 0 Å². The number of ether oxygens (including phenoxy) is 2. The summed E-state index contributed by atoms with van der Waals surface area (Å²) in [5.74, 6) is -6.31. The van der Waals surface area contributed by atoms with Gasteiger partial charge in [-0.1, -0.05) is 30.3 Å². The van der Waals surface area contributed by atoms with Gasteiger partial charge in [-0.05, 0) is 0 Å². The quantitative estimate of drug-likeness (QED) is 0.344. The fraction of sp³-hybridized carbons (Fsp3) is 0.409. The highest BCUT2D eigenvalue weighted by Crippen LogP contribution is 2.67. The number of aliphatic hydroxyl groups excluding tert-OH is 1. The van der Waals surface area contributed by atoms with Crippen molar-refractivity contribution in [1.29, 1.82) is 0 Å². The molecule has 2 aliphatic carbocycles. The number of ketones is 1. The van der Waals surface area contributed by atoms with Crippen LogP contribution in [0.15, 0.2) is 51.7 Å². The Morgan fingerprint density at radius 1 is 1.12 bits per heavy atom. The molecule has 3 fully saturated rings. The number of benzene rings is 1. The molecule has 0 spiro atoms. The van der Waals surface area contributed by atoms with E-state index in [1.807, 2.05) is 0 Å². The van der Waals surface area contributed by atoms with Crippen LogP contribution in [0.3, 0.4) is 0 Å². The highest BCUT2D eigenvalue weighted by Gasteiger charge is 2.88. The fourth-order valence-corrected chi connectivity index (χ4v) is 5.68. The maximum absolute atomic E-state index is 13.5. The van der Waals surface area contributed by atoms with Crippen LogP contribution < -0.4 is 10.4 Å². The molecule has 3 bridgehead atoms. The first-order valence-electron chi connectivity index (χ1n) is 9.93. The second kappa shape index (κ2) is 6.48. The van der Waals surface area contributed by atoms with Gasteiger partial charge in [0.15, 0.2) is 5.78 Å². The third-order valence-corrected chi connectivity index (χ3v) is 6.99. The molecular formula is C22H20O10. The number of hydrogen-bond donors (Lipinski definition) is 4. The Bertz CT molecular complexity index is 1170. The number of hydrogen-bond acceptors (Lipinski definition) is 10. The van der Waals surface area contributed by atoms with Gasteiger partial charge < -0.3 is 34.3 Å². The molecule has 2 aromatic rings. The lowest BCUT2D eigenvalue weighted by Gasteiger charge is -2.50. The predicted molar refractivity (Wildman–Crippen MR) is 104 cm³/mol. The smallest absolute Gasteiger partial charge is 0.342 e. The van der Waals surface area contributed by atoms with Crippen molar-refractivity contribution in [3.8, 4) is 5.75 Å². The second-order valence-electron chi connectivity index (χ2n) is 8.49. The van der Waals surface area contributed by atoms with E-state index in [1.165, 1.54) is 25.3 Å². The van der Waals surface area contributed by atoms with Crippen molar-refractivity contribution in [1.82, 2.24) is 0 Å². The van der Waals surface area contributed by atoms with Gasteiger partial charge in [0.05, 0.1) is 25.0 Å². The maximum Gasteiger partial charge on any atom is 0.342 e. The van der Waals surface area contributed by atoms with Crippen molar-refractivity contribution < 1.29 is 43.9 Å². The van der Waals surface area contributed by atoms with E-state index in [2.05, 4.69) is 0 Å². The molecule has 1 aromatic carbocycles. The normalized spacial score (nSPS) is 39.6. The van der Waals surface area contributed by atoms with Crippen molar-refractivity contribution in [2.75, 3.05) is 7.11 Å². The van der Waals surface area contributed by atoms with Gasteiger partial charge in [-0.25, -0.2) is 9.59 Å². The van der Waals surface area contributed by atoms with Gasteiger partial charge in [0.1, 0.15) is 34.9 Å². The van der Waals surface area contributed by atoms with Crippen LogP contribution in [0.25, 0.3) is 0 Å². The summed E-state index contributed by atoms with van der Waals surface area (Å²) < 4.78 is 15.4. The number of methoxy groups -OCH3 is 1. The van der Waals surface area contributed by atoms with Crippen LogP contribution in [0.5, 0.6) is 5.75 Å². The van der Waals surface area contributed by atoms with E-state index in [-0.39, 0.29) is 17.1 Å². The van der Waals surface area contributed by atoms with Crippen LogP contribution in [0.2, 0.25) is 0 Å². The molecule has 1 aromatic heterocycles. The van der Waals surface area contributed by atoms with Gasteiger partial charge in [0, 0.05) is 18.1 Å². The maximum atomic E-state index is 13.5. The topological polar surface area (TPSA) is 164 Å². The summed E-state index contributed by atoms with van der Waals surface area (Å²) in [6, 6.07) is 9.75. The standard InChI is InChI=1S/C22H20O10/c1-30-11-7-12(31-14(23)8-11)16-20(27)9-13-18(25)21(16,28)17(22(20,29)19(26)32-13)15(24)10-5-3-2-4-6-10/h2-8,13,16-18,25,27-29H,9H2,1H3/t13?,16?,17?,18?,20-,21+,22-/m1/s1. The lowest BCUT2D eigenvalue weighted by Crippen LogP contribution is -2.69. The number of fused-ring (bicyclic) bond motifs is 2. The molecule has 2 saturated carbocycles. The van der Waals surface area contributed by atoms with Gasteiger partial charge in [-0.3, -0.25) is 4.79 Å². The Balaban J connectivity index is 1.80. The SMILES string of the molecule is COc1cc(C2[C@@]3(O)C(O)C4C[C@]2(O)[C@](O)(C(=O)O4)C3C(=O)c2ccccc2)oc(=O)c1. The summed E-state index contributed by atoms with van der Waals surface area (Å²) >= 11 is 0. The minimum absolute atomic E-state index is 0.0218. The van der Waals surface area contributed by atoms with E-state index in [4.69, 9.17) is 13.9 Å². The summed E-state index contributed by atoms with van der Waals surface area (Å²) in [6.45, 7) is 0. The van der Waals surface area contributed by atoms with E-state index in [1.54, 1.807) is 18.2 Å². The average molecular weight is 444 g/mol. The Labute approximate surface area is 180 Å². The largest absolute Gasteiger partial charge is 0.496 e. The zero-order valence-electron chi connectivity index (χ0n) is 16.8. The first kappa shape index (κ1) is 20.8. The predicted octanol–water partition coefficient (Wildman–Crippen LogP) is -0.872. The Morgan fingerprint density at radius 2 is 1.81 bits per heavy atom. The molecule has 1 saturated heterocycles. The zero-order valence-corrected chi connectivity index (χ0v) is 16.8. The van der Waals surface area contributed by atoms with Crippen LogP contribution in [-0.4, -0.2) is 68.3 Å². The van der Waals surface area contributed by atoms with E-state index in [0.717, 1.165) is 6.07 Å². The summed E-state index contributed by atoms with van der Waals surface area (Å²) in [6.07, 6.45) is -3.76. The van der Waals surface area contributed by atoms with Gasteiger partial charge in [0.25, 0.3) is 0 Å². The number of esters is 1. The van der Waals surface area contributed by atoms with Gasteiger partial charge in [0.2, 0.25) is 5.60 Å². The summed E-state index contributed by atoms with van der Waals surface area (Å²) in [5, 5.41) is 46.1. The third kappa shape index (κ3) is 2.29. The molecular weight excluding hydrogens is 424 g/mol. The molecule has 7 atom stereocenters. The molecule has 4 unspecified atom stereocenters. The molecule has 1 aliphatic heterocycles. The van der Waals surface area contributed by atoms with Crippen molar-refractivity contribution in [2.24, 2.45) is 5.92 Å². The van der Waals surface area contributed by atoms with E-state index in [0.29, 0.717) is 0 Å². The van der Waals surface area contributed by atoms with E-state index in [9.17, 15) is 34.8 Å². The van der Waals surface area contributed by atoms with Crippen LogP contribution in [-0.2, 0) is 9.53 Å². The first-order chi connectivity index (χ1) is 15.1. The van der Waals surface area contributed by atoms with Crippen LogP contribution >= 0.6 is 0 Å². The number of rotatable bonds is 4. The summed E-state index contributed by atoms with van der Waals surface area (Å²) in [7, 11) is 1.28. The monoisotopic (exact) mass is 444 g/mol. The molecule has 2 heterocycles. The zero-order chi connectivity index (χ0) is 23.1. The van der Waals surface area contributed by atoms with Crippen molar-refractivity contribution in [3.05, 3.63) is 64.2 Å². The molecule has 10 nitrogen and oxygen atoms in total. The van der Waals surface area contributed by atoms with Gasteiger partial charge in [-0.2, -0.15) is 0 Å². The molecule has 5 rings (SSSR count). The average Bonchev–Trinajstić information content (AvgIpc) is 2.87. The molecule has 10 heteroatoms. The number of carbonyl (C=O) groups is 2. The van der Waals surface area contributed by atoms with Crippen molar-refractivity contribution in [2.45, 2.75) is 41.3 Å². The molecule has 168 valence electrons. The Kier molecular flexibility index (Phi) is 4.22. The second-order valence-corrected chi connectivity index (χ2v) is 8.49. The first-order valence-corrected chi connectivity index (χ1v) is 9.93. The number of Topliss-reactive ketones (excluding diaryl/α,β-unsaturated/α-hetero) is 1. The molecule has 0 amide bonds. The van der Waals surface area contributed by atoms with Crippen LogP contribution in [0, 0.1) is 5.92 Å². The fourth-order valence-electron chi connectivity index (χ4n) is 5.68. The molecule has 0 radical (unpaired) electrons. The Morgan fingerprint density at radius 3 is 2.47 bits per heavy atom. The summed E-state index contributed by atoms with van der Waals surface area (Å²) in [4.78, 5) is 38.5. The van der Waals surface area contributed by atoms with E-state index < -0.39 is 64.6 Å². The Hall–Kier alpha value is -3.05. The lowest BCUT2D eigenvalue weighted by molar-refractivity contribution is -0.252. The minimum Gasteiger partial charge on any atom is -0.496 e.